The first kappa shape index (κ1) is 18.9. The summed E-state index contributed by atoms with van der Waals surface area (Å²) in [5.74, 6) is 0. The minimum absolute atomic E-state index is 0.651. The van der Waals surface area contributed by atoms with Gasteiger partial charge < -0.3 is 55.1 Å². The molecule has 0 aromatic carbocycles. The van der Waals surface area contributed by atoms with Crippen molar-refractivity contribution in [1.82, 2.24) is 0 Å². The number of ether oxygens (including phenoxy) is 3. The first-order valence-electron chi connectivity index (χ1n) is 7.08. The highest BCUT2D eigenvalue weighted by molar-refractivity contribution is 4.93. The maximum Gasteiger partial charge on any atom is 0.187 e. The Morgan fingerprint density at radius 3 is 1.74 bits per heavy atom. The molecule has 0 aromatic rings. The molecule has 0 radical (unpaired) electrons. The quantitative estimate of drug-likeness (QED) is 0.243. The van der Waals surface area contributed by atoms with Crippen LogP contribution in [0, 0.1) is 0 Å². The van der Waals surface area contributed by atoms with Gasteiger partial charge in [-0.15, -0.1) is 0 Å². The Morgan fingerprint density at radius 1 is 0.652 bits per heavy atom. The Hall–Kier alpha value is -0.440. The van der Waals surface area contributed by atoms with Crippen LogP contribution in [0.4, 0.5) is 0 Å². The second-order valence-electron chi connectivity index (χ2n) is 5.53. The van der Waals surface area contributed by atoms with Gasteiger partial charge in [0, 0.05) is 0 Å². The van der Waals surface area contributed by atoms with E-state index in [0.29, 0.717) is 0 Å². The van der Waals surface area contributed by atoms with Gasteiger partial charge in [-0.25, -0.2) is 0 Å². The van der Waals surface area contributed by atoms with Crippen LogP contribution in [0.25, 0.3) is 0 Å². The zero-order valence-electron chi connectivity index (χ0n) is 12.0. The third kappa shape index (κ3) is 3.65. The predicted molar refractivity (Wildman–Crippen MR) is 68.6 cm³/mol. The average Bonchev–Trinajstić information content (AvgIpc) is 2.54. The van der Waals surface area contributed by atoms with Crippen molar-refractivity contribution in [3.05, 3.63) is 0 Å². The van der Waals surface area contributed by atoms with Crippen LogP contribution >= 0.6 is 0 Å². The summed E-state index contributed by atoms with van der Waals surface area (Å²) in [6.45, 7) is -1.33. The predicted octanol–water partition coefficient (Wildman–Crippen LogP) is -5.40. The Kier molecular flexibility index (Phi) is 6.27. The van der Waals surface area contributed by atoms with E-state index < -0.39 is 74.6 Å². The van der Waals surface area contributed by atoms with Crippen molar-refractivity contribution in [3.63, 3.8) is 0 Å². The standard InChI is InChI=1S/C12H22O11/c13-1-3-6(16)8(18)10(11(20)21-3)23-12-9(19)7(17)5(15)4(2-14)22-12/h3-20H,1-2H2/t3-,4-,5-,6-,7+,8+,9+,10+,11+,12?/m1/s1. The summed E-state index contributed by atoms with van der Waals surface area (Å²) in [4.78, 5) is 0. The number of rotatable bonds is 4. The van der Waals surface area contributed by atoms with Crippen LogP contribution in [0.3, 0.4) is 0 Å². The first-order valence-corrected chi connectivity index (χ1v) is 7.08. The molecule has 136 valence electrons. The lowest BCUT2D eigenvalue weighted by Gasteiger charge is -2.44. The molecule has 0 bridgehead atoms. The largest absolute Gasteiger partial charge is 0.394 e. The van der Waals surface area contributed by atoms with E-state index in [2.05, 4.69) is 0 Å². The summed E-state index contributed by atoms with van der Waals surface area (Å²) >= 11 is 0. The summed E-state index contributed by atoms with van der Waals surface area (Å²) in [5.41, 5.74) is 0. The molecule has 2 aliphatic rings. The average molecular weight is 342 g/mol. The Balaban J connectivity index is 2.08. The number of hydrogen-bond donors (Lipinski definition) is 8. The number of aliphatic hydroxyl groups is 8. The molecule has 2 saturated heterocycles. The molecule has 2 heterocycles. The topological polar surface area (TPSA) is 190 Å². The van der Waals surface area contributed by atoms with Crippen molar-refractivity contribution in [1.29, 1.82) is 0 Å². The summed E-state index contributed by atoms with van der Waals surface area (Å²) in [6.07, 6.45) is -15.6. The van der Waals surface area contributed by atoms with Gasteiger partial charge in [0.25, 0.3) is 0 Å². The highest BCUT2D eigenvalue weighted by Crippen LogP contribution is 2.28. The molecule has 0 amide bonds. The van der Waals surface area contributed by atoms with E-state index in [-0.39, 0.29) is 0 Å². The second kappa shape index (κ2) is 7.63. The van der Waals surface area contributed by atoms with Crippen molar-refractivity contribution >= 4 is 0 Å². The lowest BCUT2D eigenvalue weighted by Crippen LogP contribution is -2.64. The molecule has 11 nitrogen and oxygen atoms in total. The molecule has 11 heteroatoms. The summed E-state index contributed by atoms with van der Waals surface area (Å²) in [5, 5.41) is 76.7. The van der Waals surface area contributed by atoms with E-state index in [4.69, 9.17) is 24.4 Å². The van der Waals surface area contributed by atoms with Gasteiger partial charge in [-0.05, 0) is 0 Å². The maximum absolute atomic E-state index is 9.94. The van der Waals surface area contributed by atoms with Gasteiger partial charge in [-0.3, -0.25) is 0 Å². The zero-order chi connectivity index (χ0) is 17.3. The molecular weight excluding hydrogens is 320 g/mol. The number of hydrogen-bond acceptors (Lipinski definition) is 11. The fourth-order valence-electron chi connectivity index (χ4n) is 2.55. The summed E-state index contributed by atoms with van der Waals surface area (Å²) < 4.78 is 15.1. The van der Waals surface area contributed by atoms with E-state index >= 15 is 0 Å². The maximum atomic E-state index is 9.94. The summed E-state index contributed by atoms with van der Waals surface area (Å²) in [7, 11) is 0. The minimum Gasteiger partial charge on any atom is -0.394 e. The normalized spacial score (nSPS) is 51.7. The molecule has 0 saturated carbocycles. The molecule has 2 aliphatic heterocycles. The molecule has 0 spiro atoms. The lowest BCUT2D eigenvalue weighted by molar-refractivity contribution is -0.361. The molecular formula is C12H22O11. The fraction of sp³-hybridized carbons (Fsp3) is 1.00. The zero-order valence-corrected chi connectivity index (χ0v) is 12.0. The molecule has 8 N–H and O–H groups in total. The van der Waals surface area contributed by atoms with Crippen LogP contribution in [0.2, 0.25) is 0 Å². The van der Waals surface area contributed by atoms with Crippen LogP contribution in [-0.2, 0) is 14.2 Å². The highest BCUT2D eigenvalue weighted by Gasteiger charge is 2.50. The van der Waals surface area contributed by atoms with E-state index in [1.807, 2.05) is 0 Å². The SMILES string of the molecule is OC[C@H]1O[C@H](O)[C@@H](OC2O[C@H](CO)[C@@H](O)[C@H](O)[C@@H]2O)[C@@H](O)[C@@H]1O. The Labute approximate surface area is 130 Å². The Bertz CT molecular complexity index is 380. The monoisotopic (exact) mass is 342 g/mol. The molecule has 0 aliphatic carbocycles. The van der Waals surface area contributed by atoms with Crippen molar-refractivity contribution in [2.45, 2.75) is 61.4 Å². The van der Waals surface area contributed by atoms with Crippen LogP contribution in [0.5, 0.6) is 0 Å². The fourth-order valence-corrected chi connectivity index (χ4v) is 2.55. The molecule has 2 rings (SSSR count). The third-order valence-electron chi connectivity index (χ3n) is 3.98. The van der Waals surface area contributed by atoms with E-state index in [1.165, 1.54) is 0 Å². The lowest BCUT2D eigenvalue weighted by atomic mass is 9.97. The van der Waals surface area contributed by atoms with E-state index in [0.717, 1.165) is 0 Å². The van der Waals surface area contributed by atoms with Gasteiger partial charge in [0.15, 0.2) is 12.6 Å². The molecule has 23 heavy (non-hydrogen) atoms. The van der Waals surface area contributed by atoms with Gasteiger partial charge >= 0.3 is 0 Å². The molecule has 10 atom stereocenters. The van der Waals surface area contributed by atoms with Gasteiger partial charge in [0.05, 0.1) is 13.2 Å². The minimum atomic E-state index is -1.75. The van der Waals surface area contributed by atoms with Crippen molar-refractivity contribution in [2.75, 3.05) is 13.2 Å². The van der Waals surface area contributed by atoms with E-state index in [1.54, 1.807) is 0 Å². The van der Waals surface area contributed by atoms with Gasteiger partial charge in [0.2, 0.25) is 0 Å². The third-order valence-corrected chi connectivity index (χ3v) is 3.98. The van der Waals surface area contributed by atoms with Crippen LogP contribution in [-0.4, -0.2) is 115 Å². The Morgan fingerprint density at radius 2 is 1.17 bits per heavy atom. The second-order valence-corrected chi connectivity index (χ2v) is 5.53. The van der Waals surface area contributed by atoms with Crippen molar-refractivity contribution in [2.24, 2.45) is 0 Å². The van der Waals surface area contributed by atoms with Gasteiger partial charge in [0.1, 0.15) is 48.8 Å². The van der Waals surface area contributed by atoms with Gasteiger partial charge in [-0.1, -0.05) is 0 Å². The number of aliphatic hydroxyl groups excluding tert-OH is 8. The smallest absolute Gasteiger partial charge is 0.187 e. The van der Waals surface area contributed by atoms with Crippen LogP contribution in [0.1, 0.15) is 0 Å². The molecule has 2 fully saturated rings. The molecule has 1 unspecified atom stereocenters. The van der Waals surface area contributed by atoms with Crippen LogP contribution in [0.15, 0.2) is 0 Å². The van der Waals surface area contributed by atoms with Crippen LogP contribution < -0.4 is 0 Å². The van der Waals surface area contributed by atoms with E-state index in [9.17, 15) is 30.6 Å². The van der Waals surface area contributed by atoms with Crippen molar-refractivity contribution < 1.29 is 55.1 Å². The van der Waals surface area contributed by atoms with Gasteiger partial charge in [-0.2, -0.15) is 0 Å². The summed E-state index contributed by atoms with van der Waals surface area (Å²) in [6, 6.07) is 0. The van der Waals surface area contributed by atoms with Crippen molar-refractivity contribution in [3.8, 4) is 0 Å². The highest BCUT2D eigenvalue weighted by atomic mass is 16.7. The molecule has 0 aromatic heterocycles. The first-order chi connectivity index (χ1) is 10.8.